The van der Waals surface area contributed by atoms with Crippen molar-refractivity contribution in [1.29, 1.82) is 0 Å². The molecule has 3 aromatic rings. The van der Waals surface area contributed by atoms with Gasteiger partial charge in [0.05, 0.1) is 23.4 Å². The average molecular weight is 444 g/mol. The van der Waals surface area contributed by atoms with Crippen LogP contribution in [0.25, 0.3) is 10.2 Å². The van der Waals surface area contributed by atoms with Crippen LogP contribution in [0.3, 0.4) is 0 Å². The van der Waals surface area contributed by atoms with Crippen LogP contribution in [0.4, 0.5) is 5.13 Å². The number of thiazole rings is 1. The molecule has 2 aromatic carbocycles. The molecule has 4 rings (SSSR count). The van der Waals surface area contributed by atoms with Gasteiger partial charge in [0, 0.05) is 43.1 Å². The number of hydrogen-bond donors (Lipinski definition) is 1. The van der Waals surface area contributed by atoms with Gasteiger partial charge < -0.3 is 10.1 Å². The van der Waals surface area contributed by atoms with E-state index in [2.05, 4.69) is 27.3 Å². The number of benzene rings is 2. The maximum Gasteiger partial charge on any atom is 0.226 e. The number of nitrogens with zero attached hydrogens (tertiary/aromatic N) is 2. The van der Waals surface area contributed by atoms with Crippen molar-refractivity contribution >= 4 is 50.0 Å². The highest BCUT2D eigenvalue weighted by molar-refractivity contribution is 7.22. The highest BCUT2D eigenvalue weighted by atomic mass is 35.5. The molecule has 0 spiro atoms. The number of fused-ring (bicyclic) bond motifs is 1. The van der Waals surface area contributed by atoms with E-state index in [0.717, 1.165) is 43.1 Å². The molecule has 0 atom stereocenters. The molecular weight excluding hydrogens is 422 g/mol. The molecule has 1 aliphatic rings. The van der Waals surface area contributed by atoms with Crippen molar-refractivity contribution in [3.8, 4) is 0 Å². The summed E-state index contributed by atoms with van der Waals surface area (Å²) < 4.78 is 6.43. The number of rotatable bonds is 7. The van der Waals surface area contributed by atoms with Crippen LogP contribution < -0.4 is 5.32 Å². The van der Waals surface area contributed by atoms with E-state index >= 15 is 0 Å². The zero-order valence-corrected chi connectivity index (χ0v) is 18.0. The molecular formula is C22H22ClN3O3S. The smallest absolute Gasteiger partial charge is 0.226 e. The summed E-state index contributed by atoms with van der Waals surface area (Å²) in [5, 5.41) is 3.95. The van der Waals surface area contributed by atoms with Gasteiger partial charge in [-0.2, -0.15) is 0 Å². The Morgan fingerprint density at radius 3 is 2.63 bits per heavy atom. The Morgan fingerprint density at radius 2 is 1.87 bits per heavy atom. The van der Waals surface area contributed by atoms with Crippen molar-refractivity contribution in [3.05, 3.63) is 58.6 Å². The van der Waals surface area contributed by atoms with Crippen LogP contribution in [0, 0.1) is 0 Å². The number of morpholine rings is 1. The highest BCUT2D eigenvalue weighted by Crippen LogP contribution is 2.27. The van der Waals surface area contributed by atoms with Crippen LogP contribution in [0.2, 0.25) is 5.02 Å². The molecule has 156 valence electrons. The Labute approximate surface area is 183 Å². The number of Topliss-reactive ketones (excluding diaryl/α,β-unsaturated/α-hetero) is 1. The number of nitrogens with one attached hydrogen (secondary N) is 1. The van der Waals surface area contributed by atoms with Gasteiger partial charge in [0.2, 0.25) is 5.91 Å². The summed E-state index contributed by atoms with van der Waals surface area (Å²) in [5.74, 6) is -0.302. The SMILES string of the molecule is O=C(CCC(=O)c1ccc(Cl)cc1)Nc1nc2ccc(CN3CCOCC3)cc2s1. The lowest BCUT2D eigenvalue weighted by atomic mass is 10.1. The van der Waals surface area contributed by atoms with Crippen molar-refractivity contribution in [2.45, 2.75) is 19.4 Å². The Bertz CT molecular complexity index is 1050. The van der Waals surface area contributed by atoms with Crippen LogP contribution in [-0.2, 0) is 16.1 Å². The van der Waals surface area contributed by atoms with E-state index in [1.165, 1.54) is 16.9 Å². The molecule has 8 heteroatoms. The fraction of sp³-hybridized carbons (Fsp3) is 0.318. The lowest BCUT2D eigenvalue weighted by molar-refractivity contribution is -0.116. The van der Waals surface area contributed by atoms with E-state index in [1.807, 2.05) is 6.07 Å². The summed E-state index contributed by atoms with van der Waals surface area (Å²) in [6.45, 7) is 4.32. The normalized spacial score (nSPS) is 14.7. The summed E-state index contributed by atoms with van der Waals surface area (Å²) in [4.78, 5) is 31.3. The standard InChI is InChI=1S/C22H22ClN3O3S/c23-17-4-2-16(3-5-17)19(27)7-8-21(28)25-22-24-18-6-1-15(13-20(18)30-22)14-26-9-11-29-12-10-26/h1-6,13H,7-12,14H2,(H,24,25,28). The average Bonchev–Trinajstić information content (AvgIpc) is 3.14. The van der Waals surface area contributed by atoms with Crippen LogP contribution in [-0.4, -0.2) is 47.9 Å². The monoisotopic (exact) mass is 443 g/mol. The van der Waals surface area contributed by atoms with Crippen molar-refractivity contribution in [2.24, 2.45) is 0 Å². The minimum atomic E-state index is -0.218. The molecule has 0 unspecified atom stereocenters. The predicted molar refractivity (Wildman–Crippen MR) is 119 cm³/mol. The Morgan fingerprint density at radius 1 is 1.10 bits per heavy atom. The van der Waals surface area contributed by atoms with E-state index in [4.69, 9.17) is 16.3 Å². The molecule has 1 amide bonds. The topological polar surface area (TPSA) is 71.5 Å². The first kappa shape index (κ1) is 20.9. The predicted octanol–water partition coefficient (Wildman–Crippen LogP) is 4.38. The van der Waals surface area contributed by atoms with Gasteiger partial charge in [-0.15, -0.1) is 0 Å². The molecule has 2 heterocycles. The fourth-order valence-corrected chi connectivity index (χ4v) is 4.40. The van der Waals surface area contributed by atoms with Gasteiger partial charge in [-0.3, -0.25) is 14.5 Å². The number of ether oxygens (including phenoxy) is 1. The summed E-state index contributed by atoms with van der Waals surface area (Å²) in [6, 6.07) is 12.9. The van der Waals surface area contributed by atoms with E-state index in [0.29, 0.717) is 15.7 Å². The van der Waals surface area contributed by atoms with Crippen molar-refractivity contribution in [2.75, 3.05) is 31.6 Å². The third kappa shape index (κ3) is 5.43. The zero-order valence-electron chi connectivity index (χ0n) is 16.4. The second kappa shape index (κ2) is 9.66. The van der Waals surface area contributed by atoms with E-state index in [9.17, 15) is 9.59 Å². The minimum absolute atomic E-state index is 0.0844. The maximum atomic E-state index is 12.3. The maximum absolute atomic E-state index is 12.3. The Hall–Kier alpha value is -2.32. The number of carbonyl (C=O) groups is 2. The Balaban J connectivity index is 1.33. The number of anilines is 1. The quantitative estimate of drug-likeness (QED) is 0.548. The second-order valence-corrected chi connectivity index (χ2v) is 8.65. The highest BCUT2D eigenvalue weighted by Gasteiger charge is 2.14. The number of aromatic nitrogens is 1. The van der Waals surface area contributed by atoms with Gasteiger partial charge in [-0.25, -0.2) is 4.98 Å². The molecule has 1 aromatic heterocycles. The van der Waals surface area contributed by atoms with E-state index in [1.54, 1.807) is 24.3 Å². The largest absolute Gasteiger partial charge is 0.379 e. The molecule has 0 aliphatic carbocycles. The molecule has 30 heavy (non-hydrogen) atoms. The van der Waals surface area contributed by atoms with Crippen molar-refractivity contribution in [3.63, 3.8) is 0 Å². The number of amides is 1. The first-order valence-electron chi connectivity index (χ1n) is 9.85. The molecule has 1 N–H and O–H groups in total. The molecule has 1 saturated heterocycles. The molecule has 0 saturated carbocycles. The molecule has 1 aliphatic heterocycles. The summed E-state index contributed by atoms with van der Waals surface area (Å²) >= 11 is 7.29. The van der Waals surface area contributed by atoms with Gasteiger partial charge in [0.15, 0.2) is 10.9 Å². The Kier molecular flexibility index (Phi) is 6.74. The molecule has 1 fully saturated rings. The summed E-state index contributed by atoms with van der Waals surface area (Å²) in [7, 11) is 0. The molecule has 6 nitrogen and oxygen atoms in total. The number of ketones is 1. The lowest BCUT2D eigenvalue weighted by Gasteiger charge is -2.26. The van der Waals surface area contributed by atoms with Crippen LogP contribution in [0.15, 0.2) is 42.5 Å². The third-order valence-corrected chi connectivity index (χ3v) is 6.14. The fourth-order valence-electron chi connectivity index (χ4n) is 3.33. The lowest BCUT2D eigenvalue weighted by Crippen LogP contribution is -2.35. The van der Waals surface area contributed by atoms with Crippen LogP contribution in [0.1, 0.15) is 28.8 Å². The molecule has 0 bridgehead atoms. The van der Waals surface area contributed by atoms with Gasteiger partial charge >= 0.3 is 0 Å². The minimum Gasteiger partial charge on any atom is -0.379 e. The third-order valence-electron chi connectivity index (χ3n) is 4.95. The van der Waals surface area contributed by atoms with Crippen LogP contribution in [0.5, 0.6) is 0 Å². The molecule has 0 radical (unpaired) electrons. The second-order valence-electron chi connectivity index (χ2n) is 7.19. The number of halogens is 1. The van der Waals surface area contributed by atoms with Crippen molar-refractivity contribution in [1.82, 2.24) is 9.88 Å². The van der Waals surface area contributed by atoms with E-state index in [-0.39, 0.29) is 24.5 Å². The first-order chi connectivity index (χ1) is 14.6. The van der Waals surface area contributed by atoms with Gasteiger partial charge in [0.1, 0.15) is 0 Å². The summed E-state index contributed by atoms with van der Waals surface area (Å²) in [5.41, 5.74) is 2.64. The van der Waals surface area contributed by atoms with Crippen LogP contribution >= 0.6 is 22.9 Å². The number of hydrogen-bond acceptors (Lipinski definition) is 6. The van der Waals surface area contributed by atoms with Gasteiger partial charge in [-0.1, -0.05) is 29.0 Å². The first-order valence-corrected chi connectivity index (χ1v) is 11.0. The number of carbonyl (C=O) groups excluding carboxylic acids is 2. The van der Waals surface area contributed by atoms with E-state index < -0.39 is 0 Å². The van der Waals surface area contributed by atoms with Gasteiger partial charge in [-0.05, 0) is 42.0 Å². The zero-order chi connectivity index (χ0) is 20.9. The van der Waals surface area contributed by atoms with Gasteiger partial charge in [0.25, 0.3) is 0 Å². The summed E-state index contributed by atoms with van der Waals surface area (Å²) in [6.07, 6.45) is 0.252. The van der Waals surface area contributed by atoms with Crippen molar-refractivity contribution < 1.29 is 14.3 Å².